The Morgan fingerprint density at radius 2 is 1.67 bits per heavy atom. The number of halogens is 1. The Morgan fingerprint density at radius 1 is 0.953 bits per heavy atom. The van der Waals surface area contributed by atoms with Gasteiger partial charge >= 0.3 is 0 Å². The van der Waals surface area contributed by atoms with Crippen LogP contribution in [-0.2, 0) is 16.0 Å². The molecule has 1 atom stereocenters. The van der Waals surface area contributed by atoms with E-state index < -0.39 is 11.9 Å². The molecular formula is C31H34ClN9O2. The number of nitrogens with two attached hydrogens (primary N) is 2. The number of nitrogens with zero attached hydrogens (tertiary/aromatic N) is 5. The van der Waals surface area contributed by atoms with E-state index in [0.717, 1.165) is 40.6 Å². The van der Waals surface area contributed by atoms with Crippen LogP contribution >= 0.6 is 12.4 Å². The lowest BCUT2D eigenvalue weighted by atomic mass is 9.81. The van der Waals surface area contributed by atoms with E-state index in [1.165, 1.54) is 4.90 Å². The van der Waals surface area contributed by atoms with E-state index in [9.17, 15) is 9.59 Å². The summed E-state index contributed by atoms with van der Waals surface area (Å²) in [6.07, 6.45) is 7.13. The highest BCUT2D eigenvalue weighted by Gasteiger charge is 2.35. The lowest BCUT2D eigenvalue weighted by molar-refractivity contribution is -0.130. The normalized spacial score (nSPS) is 17.3. The predicted molar refractivity (Wildman–Crippen MR) is 167 cm³/mol. The topological polar surface area (TPSA) is 173 Å². The van der Waals surface area contributed by atoms with E-state index >= 15 is 0 Å². The number of hydrogen-bond donors (Lipinski definition) is 4. The van der Waals surface area contributed by atoms with Crippen molar-refractivity contribution >= 4 is 40.9 Å². The molecule has 5 aromatic rings. The van der Waals surface area contributed by atoms with Gasteiger partial charge < -0.3 is 16.5 Å². The van der Waals surface area contributed by atoms with Gasteiger partial charge in [-0.25, -0.2) is 9.88 Å². The van der Waals surface area contributed by atoms with Crippen LogP contribution in [0.15, 0.2) is 73.1 Å². The second kappa shape index (κ2) is 13.2. The van der Waals surface area contributed by atoms with Crippen LogP contribution in [0.4, 0.5) is 5.69 Å². The number of carbonyl (C=O) groups is 2. The summed E-state index contributed by atoms with van der Waals surface area (Å²) in [7, 11) is 0. The molecule has 3 aromatic heterocycles. The maximum absolute atomic E-state index is 13.9. The number of aromatic amines is 2. The first kappa shape index (κ1) is 30.0. The van der Waals surface area contributed by atoms with Crippen molar-refractivity contribution in [2.24, 2.45) is 23.3 Å². The average Bonchev–Trinajstić information content (AvgIpc) is 3.74. The summed E-state index contributed by atoms with van der Waals surface area (Å²) in [6, 6.07) is 18.1. The first-order chi connectivity index (χ1) is 20.5. The number of imide groups is 1. The Labute approximate surface area is 254 Å². The van der Waals surface area contributed by atoms with E-state index in [1.807, 2.05) is 42.7 Å². The zero-order chi connectivity index (χ0) is 29.1. The Kier molecular flexibility index (Phi) is 9.24. The number of amides is 2. The number of benzene rings is 2. The zero-order valence-corrected chi connectivity index (χ0v) is 24.3. The van der Waals surface area contributed by atoms with E-state index in [-0.39, 0.29) is 24.2 Å². The second-order valence-corrected chi connectivity index (χ2v) is 10.9. The van der Waals surface area contributed by atoms with Crippen LogP contribution < -0.4 is 16.4 Å². The standard InChI is InChI=1S/C31H33N9O2.ClH/c32-17-20-3-7-23(8-4-20)30(41)40(26-11-9-22(10-12-26)29-36-38-39-37-29)31(42)27(33)15-19-1-5-21(6-2-19)25-16-24-13-14-34-28(24)35-18-25;/h1-2,5-6,9-14,16,18,20,23,27H,3-4,7-8,15,17,32-33H2,(H,34,35)(H,36,37,38,39);1H/t20?,23?,27-;/m0./s1. The molecule has 222 valence electrons. The minimum absolute atomic E-state index is 0. The Morgan fingerprint density at radius 3 is 2.35 bits per heavy atom. The molecule has 2 amide bonds. The van der Waals surface area contributed by atoms with Crippen molar-refractivity contribution in [1.82, 2.24) is 30.6 Å². The van der Waals surface area contributed by atoms with Crippen LogP contribution in [0.3, 0.4) is 0 Å². The summed E-state index contributed by atoms with van der Waals surface area (Å²) in [4.78, 5) is 36.6. The summed E-state index contributed by atoms with van der Waals surface area (Å²) in [6.45, 7) is 0.613. The van der Waals surface area contributed by atoms with Crippen molar-refractivity contribution in [3.05, 3.63) is 78.6 Å². The number of aromatic nitrogens is 6. The molecule has 0 saturated heterocycles. The second-order valence-electron chi connectivity index (χ2n) is 10.9. The highest BCUT2D eigenvalue weighted by Crippen LogP contribution is 2.32. The van der Waals surface area contributed by atoms with Crippen molar-refractivity contribution < 1.29 is 9.59 Å². The van der Waals surface area contributed by atoms with Crippen molar-refractivity contribution in [3.63, 3.8) is 0 Å². The van der Waals surface area contributed by atoms with Crippen molar-refractivity contribution in [3.8, 4) is 22.5 Å². The Balaban J connectivity index is 0.00000368. The van der Waals surface area contributed by atoms with Gasteiger partial charge in [-0.2, -0.15) is 5.21 Å². The molecular weight excluding hydrogens is 566 g/mol. The van der Waals surface area contributed by atoms with Gasteiger partial charge in [-0.3, -0.25) is 9.59 Å². The smallest absolute Gasteiger partial charge is 0.251 e. The van der Waals surface area contributed by atoms with Crippen molar-refractivity contribution in [2.75, 3.05) is 11.4 Å². The molecule has 0 radical (unpaired) electrons. The minimum Gasteiger partial charge on any atom is -0.346 e. The molecule has 6 rings (SSSR count). The van der Waals surface area contributed by atoms with Crippen LogP contribution in [0.25, 0.3) is 33.5 Å². The number of fused-ring (bicyclic) bond motifs is 1. The molecule has 1 fully saturated rings. The number of carbonyl (C=O) groups excluding carboxylic acids is 2. The summed E-state index contributed by atoms with van der Waals surface area (Å²) < 4.78 is 0. The SMILES string of the molecule is Cl.NCC1CCC(C(=O)N(C(=O)[C@@H](N)Cc2ccc(-c3cnc4[nH]ccc4c3)cc2)c2ccc(-c3nn[nH]n3)cc2)CC1. The number of tetrazole rings is 1. The van der Waals surface area contributed by atoms with E-state index in [0.29, 0.717) is 48.8 Å². The third-order valence-corrected chi connectivity index (χ3v) is 8.16. The molecule has 0 bridgehead atoms. The van der Waals surface area contributed by atoms with E-state index in [4.69, 9.17) is 11.5 Å². The van der Waals surface area contributed by atoms with Gasteiger partial charge in [0.15, 0.2) is 0 Å². The van der Waals surface area contributed by atoms with Gasteiger partial charge in [0.25, 0.3) is 5.91 Å². The number of anilines is 1. The molecule has 3 heterocycles. The molecule has 0 spiro atoms. The van der Waals surface area contributed by atoms with Gasteiger partial charge in [0, 0.05) is 34.8 Å². The highest BCUT2D eigenvalue weighted by molar-refractivity contribution is 6.17. The first-order valence-corrected chi connectivity index (χ1v) is 14.2. The van der Waals surface area contributed by atoms with Gasteiger partial charge in [0.2, 0.25) is 11.7 Å². The third-order valence-electron chi connectivity index (χ3n) is 8.16. The van der Waals surface area contributed by atoms with E-state index in [1.54, 1.807) is 24.3 Å². The van der Waals surface area contributed by atoms with E-state index in [2.05, 4.69) is 36.7 Å². The monoisotopic (exact) mass is 599 g/mol. The summed E-state index contributed by atoms with van der Waals surface area (Å²) in [5.74, 6) is -0.0695. The van der Waals surface area contributed by atoms with Gasteiger partial charge in [-0.1, -0.05) is 24.3 Å². The maximum Gasteiger partial charge on any atom is 0.251 e. The summed E-state index contributed by atoms with van der Waals surface area (Å²) >= 11 is 0. The lowest BCUT2D eigenvalue weighted by Gasteiger charge is -2.32. The quantitative estimate of drug-likeness (QED) is 0.207. The van der Waals surface area contributed by atoms with Crippen LogP contribution in [0.1, 0.15) is 31.2 Å². The molecule has 1 aliphatic carbocycles. The first-order valence-electron chi connectivity index (χ1n) is 14.2. The molecule has 1 saturated carbocycles. The fourth-order valence-corrected chi connectivity index (χ4v) is 5.67. The van der Waals surface area contributed by atoms with Gasteiger partial charge in [0.05, 0.1) is 11.7 Å². The van der Waals surface area contributed by atoms with Gasteiger partial charge in [-0.15, -0.1) is 22.6 Å². The fraction of sp³-hybridized carbons (Fsp3) is 0.290. The maximum atomic E-state index is 13.9. The largest absolute Gasteiger partial charge is 0.346 e. The number of pyridine rings is 1. The summed E-state index contributed by atoms with van der Waals surface area (Å²) in [5, 5.41) is 15.1. The lowest BCUT2D eigenvalue weighted by Crippen LogP contribution is -2.50. The molecule has 2 aromatic carbocycles. The third kappa shape index (κ3) is 6.48. The molecule has 43 heavy (non-hydrogen) atoms. The van der Waals surface area contributed by atoms with Crippen LogP contribution in [0.5, 0.6) is 0 Å². The van der Waals surface area contributed by atoms with Crippen LogP contribution in [0.2, 0.25) is 0 Å². The van der Waals surface area contributed by atoms with Crippen molar-refractivity contribution in [2.45, 2.75) is 38.1 Å². The molecule has 1 aliphatic rings. The summed E-state index contributed by atoms with van der Waals surface area (Å²) in [5.41, 5.74) is 17.3. The Hall–Kier alpha value is -4.45. The molecule has 12 heteroatoms. The molecule has 6 N–H and O–H groups in total. The highest BCUT2D eigenvalue weighted by atomic mass is 35.5. The Bertz CT molecular complexity index is 1660. The predicted octanol–water partition coefficient (Wildman–Crippen LogP) is 4.03. The molecule has 11 nitrogen and oxygen atoms in total. The van der Waals surface area contributed by atoms with Gasteiger partial charge in [0.1, 0.15) is 5.65 Å². The minimum atomic E-state index is -0.907. The zero-order valence-electron chi connectivity index (χ0n) is 23.5. The number of nitrogens with one attached hydrogen (secondary N) is 2. The van der Waals surface area contributed by atoms with Crippen molar-refractivity contribution in [1.29, 1.82) is 0 Å². The van der Waals surface area contributed by atoms with Gasteiger partial charge in [-0.05, 0) is 97.3 Å². The number of hydrogen-bond acceptors (Lipinski definition) is 8. The average molecular weight is 600 g/mol. The van der Waals surface area contributed by atoms with Crippen LogP contribution in [0, 0.1) is 11.8 Å². The molecule has 0 unspecified atom stereocenters. The number of H-pyrrole nitrogens is 2. The van der Waals surface area contributed by atoms with Crippen LogP contribution in [-0.4, -0.2) is 55.0 Å². The molecule has 0 aliphatic heterocycles. The number of rotatable bonds is 8. The fourth-order valence-electron chi connectivity index (χ4n) is 5.67.